The molecule has 7 nitrogen and oxygen atoms in total. The quantitative estimate of drug-likeness (QED) is 0.526. The van der Waals surface area contributed by atoms with Crippen molar-refractivity contribution in [3.05, 3.63) is 42.1 Å². The molecule has 7 heteroatoms. The van der Waals surface area contributed by atoms with Gasteiger partial charge >= 0.3 is 5.97 Å². The number of nitrogens with two attached hydrogens (primary N) is 2. The lowest BCUT2D eigenvalue weighted by Gasteiger charge is -2.21. The topological polar surface area (TPSA) is 136 Å². The maximum Gasteiger partial charge on any atom is 0.332 e. The molecule has 0 fully saturated rings. The summed E-state index contributed by atoms with van der Waals surface area (Å²) in [5.41, 5.74) is 8.52. The van der Waals surface area contributed by atoms with E-state index in [0.29, 0.717) is 5.52 Å². The van der Waals surface area contributed by atoms with E-state index in [1.165, 1.54) is 6.07 Å². The SMILES string of the molecule is NC(=O)CC(N)(C(=O)O)C(=O)c1ccc2ccccc2n1. The number of ketones is 1. The molecule has 0 saturated heterocycles. The molecule has 5 N–H and O–H groups in total. The van der Waals surface area contributed by atoms with Crippen molar-refractivity contribution in [2.75, 3.05) is 0 Å². The summed E-state index contributed by atoms with van der Waals surface area (Å²) in [6.07, 6.45) is -0.796. The van der Waals surface area contributed by atoms with Crippen LogP contribution >= 0.6 is 0 Å². The zero-order valence-electron chi connectivity index (χ0n) is 10.9. The Kier molecular flexibility index (Phi) is 3.68. The normalized spacial score (nSPS) is 13.6. The molecule has 1 aromatic carbocycles. The van der Waals surface area contributed by atoms with Crippen LogP contribution in [0.15, 0.2) is 36.4 Å². The van der Waals surface area contributed by atoms with Gasteiger partial charge in [-0.2, -0.15) is 0 Å². The first-order valence-electron chi connectivity index (χ1n) is 6.06. The smallest absolute Gasteiger partial charge is 0.332 e. The van der Waals surface area contributed by atoms with Crippen LogP contribution in [0.4, 0.5) is 0 Å². The highest BCUT2D eigenvalue weighted by Gasteiger charge is 2.44. The molecule has 0 aliphatic rings. The fourth-order valence-electron chi connectivity index (χ4n) is 1.95. The van der Waals surface area contributed by atoms with Gasteiger partial charge in [-0.3, -0.25) is 9.59 Å². The van der Waals surface area contributed by atoms with Crippen LogP contribution in [0, 0.1) is 0 Å². The molecule has 2 aromatic rings. The summed E-state index contributed by atoms with van der Waals surface area (Å²) < 4.78 is 0. The largest absolute Gasteiger partial charge is 0.480 e. The Morgan fingerprint density at radius 1 is 1.14 bits per heavy atom. The molecule has 2 rings (SSSR count). The number of fused-ring (bicyclic) bond motifs is 1. The van der Waals surface area contributed by atoms with Crippen molar-refractivity contribution in [1.82, 2.24) is 4.98 Å². The van der Waals surface area contributed by atoms with Crippen LogP contribution in [0.25, 0.3) is 10.9 Å². The zero-order valence-corrected chi connectivity index (χ0v) is 10.9. The van der Waals surface area contributed by atoms with Gasteiger partial charge in [-0.05, 0) is 12.1 Å². The number of benzene rings is 1. The second-order valence-electron chi connectivity index (χ2n) is 4.64. The van der Waals surface area contributed by atoms with Crippen LogP contribution in [-0.4, -0.2) is 33.3 Å². The van der Waals surface area contributed by atoms with Crippen LogP contribution in [0.3, 0.4) is 0 Å². The summed E-state index contributed by atoms with van der Waals surface area (Å²) in [6.45, 7) is 0. The van der Waals surface area contributed by atoms with Crippen molar-refractivity contribution in [1.29, 1.82) is 0 Å². The maximum atomic E-state index is 12.3. The zero-order chi connectivity index (χ0) is 15.6. The number of carboxylic acids is 1. The first-order chi connectivity index (χ1) is 9.84. The molecule has 21 heavy (non-hydrogen) atoms. The lowest BCUT2D eigenvalue weighted by Crippen LogP contribution is -2.57. The van der Waals surface area contributed by atoms with E-state index in [2.05, 4.69) is 4.98 Å². The molecule has 108 valence electrons. The standard InChI is InChI=1S/C14H13N3O4/c15-11(18)7-14(16,13(20)21)12(19)10-6-5-8-3-1-2-4-9(8)17-10/h1-6H,7,16H2,(H2,15,18)(H,20,21). The summed E-state index contributed by atoms with van der Waals surface area (Å²) >= 11 is 0. The van der Waals surface area contributed by atoms with Gasteiger partial charge in [-0.1, -0.05) is 24.3 Å². The van der Waals surface area contributed by atoms with Crippen molar-refractivity contribution < 1.29 is 19.5 Å². The van der Waals surface area contributed by atoms with Crippen LogP contribution in [-0.2, 0) is 9.59 Å². The molecule has 0 aliphatic heterocycles. The summed E-state index contributed by atoms with van der Waals surface area (Å²) in [4.78, 5) is 38.6. The molecule has 1 amide bonds. The lowest BCUT2D eigenvalue weighted by molar-refractivity contribution is -0.143. The van der Waals surface area contributed by atoms with Gasteiger partial charge in [0.15, 0.2) is 5.54 Å². The number of rotatable bonds is 5. The molecule has 1 unspecified atom stereocenters. The minimum atomic E-state index is -2.42. The Labute approximate surface area is 119 Å². The summed E-state index contributed by atoms with van der Waals surface area (Å²) in [5.74, 6) is -3.56. The Hall–Kier alpha value is -2.80. The molecule has 0 aliphatic carbocycles. The van der Waals surface area contributed by atoms with Gasteiger partial charge in [0.25, 0.3) is 0 Å². The minimum Gasteiger partial charge on any atom is -0.480 e. The highest BCUT2D eigenvalue weighted by atomic mass is 16.4. The molecule has 0 spiro atoms. The number of carbonyl (C=O) groups excluding carboxylic acids is 2. The van der Waals surface area contributed by atoms with Gasteiger partial charge in [-0.15, -0.1) is 0 Å². The first kappa shape index (κ1) is 14.6. The van der Waals surface area contributed by atoms with Gasteiger partial charge < -0.3 is 16.6 Å². The van der Waals surface area contributed by atoms with Crippen molar-refractivity contribution in [2.45, 2.75) is 12.0 Å². The number of nitrogens with zero attached hydrogens (tertiary/aromatic N) is 1. The highest BCUT2D eigenvalue weighted by Crippen LogP contribution is 2.18. The number of primary amides is 1. The van der Waals surface area contributed by atoms with Gasteiger partial charge in [-0.25, -0.2) is 9.78 Å². The van der Waals surface area contributed by atoms with E-state index in [9.17, 15) is 14.4 Å². The molecule has 0 radical (unpaired) electrons. The number of aromatic nitrogens is 1. The first-order valence-corrected chi connectivity index (χ1v) is 6.06. The van der Waals surface area contributed by atoms with E-state index in [1.807, 2.05) is 6.07 Å². The second kappa shape index (κ2) is 5.29. The molecule has 1 atom stereocenters. The number of amides is 1. The second-order valence-corrected chi connectivity index (χ2v) is 4.64. The monoisotopic (exact) mass is 287 g/mol. The average Bonchev–Trinajstić information content (AvgIpc) is 2.45. The van der Waals surface area contributed by atoms with E-state index in [-0.39, 0.29) is 5.69 Å². The van der Waals surface area contributed by atoms with Gasteiger partial charge in [0.05, 0.1) is 11.9 Å². The average molecular weight is 287 g/mol. The molecule has 0 saturated carbocycles. The molecular weight excluding hydrogens is 274 g/mol. The van der Waals surface area contributed by atoms with Crippen molar-refractivity contribution >= 4 is 28.6 Å². The maximum absolute atomic E-state index is 12.3. The summed E-state index contributed by atoms with van der Waals surface area (Å²) in [5, 5.41) is 9.94. The third-order valence-corrected chi connectivity index (χ3v) is 3.07. The highest BCUT2D eigenvalue weighted by molar-refractivity contribution is 6.17. The number of carbonyl (C=O) groups is 3. The van der Waals surface area contributed by atoms with Gasteiger partial charge in [0.1, 0.15) is 5.69 Å². The van der Waals surface area contributed by atoms with Crippen molar-refractivity contribution in [3.8, 4) is 0 Å². The third kappa shape index (κ3) is 2.72. The fourth-order valence-corrected chi connectivity index (χ4v) is 1.95. The third-order valence-electron chi connectivity index (χ3n) is 3.07. The number of para-hydroxylation sites is 1. The predicted molar refractivity (Wildman–Crippen MR) is 74.4 cm³/mol. The number of hydrogen-bond acceptors (Lipinski definition) is 5. The number of aliphatic carboxylic acids is 1. The van der Waals surface area contributed by atoms with Crippen molar-refractivity contribution in [3.63, 3.8) is 0 Å². The number of carboxylic acid groups (broad SMARTS) is 1. The molecular formula is C14H13N3O4. The van der Waals surface area contributed by atoms with Crippen LogP contribution < -0.4 is 11.5 Å². The Balaban J connectivity index is 2.48. The van der Waals surface area contributed by atoms with E-state index in [0.717, 1.165) is 5.39 Å². The van der Waals surface area contributed by atoms with Crippen LogP contribution in [0.5, 0.6) is 0 Å². The Bertz CT molecular complexity index is 744. The van der Waals surface area contributed by atoms with Crippen LogP contribution in [0.2, 0.25) is 0 Å². The molecule has 1 heterocycles. The fraction of sp³-hybridized carbons (Fsp3) is 0.143. The minimum absolute atomic E-state index is 0.125. The van der Waals surface area contributed by atoms with E-state index < -0.39 is 29.6 Å². The number of pyridine rings is 1. The number of hydrogen-bond donors (Lipinski definition) is 3. The van der Waals surface area contributed by atoms with E-state index in [4.69, 9.17) is 16.6 Å². The van der Waals surface area contributed by atoms with E-state index in [1.54, 1.807) is 24.3 Å². The van der Waals surface area contributed by atoms with Crippen LogP contribution in [0.1, 0.15) is 16.9 Å². The predicted octanol–water partition coefficient (Wildman–Crippen LogP) is 0.0750. The molecule has 1 aromatic heterocycles. The van der Waals surface area contributed by atoms with E-state index >= 15 is 0 Å². The summed E-state index contributed by atoms with van der Waals surface area (Å²) in [6, 6.07) is 10.0. The number of Topliss-reactive ketones (excluding diaryl/α,β-unsaturated/α-hetero) is 1. The van der Waals surface area contributed by atoms with Gasteiger partial charge in [0, 0.05) is 5.39 Å². The van der Waals surface area contributed by atoms with Gasteiger partial charge in [0.2, 0.25) is 11.7 Å². The Morgan fingerprint density at radius 2 is 1.81 bits per heavy atom. The Morgan fingerprint density at radius 3 is 2.43 bits per heavy atom. The molecule has 0 bridgehead atoms. The summed E-state index contributed by atoms with van der Waals surface area (Å²) in [7, 11) is 0. The lowest BCUT2D eigenvalue weighted by atomic mass is 9.88. The van der Waals surface area contributed by atoms with Crippen molar-refractivity contribution in [2.24, 2.45) is 11.5 Å².